The van der Waals surface area contributed by atoms with Gasteiger partial charge in [-0.1, -0.05) is 30.3 Å². The highest BCUT2D eigenvalue weighted by molar-refractivity contribution is 5.90. The van der Waals surface area contributed by atoms with Crippen molar-refractivity contribution in [3.63, 3.8) is 0 Å². The Hall–Kier alpha value is -3.73. The average molecular weight is 411 g/mol. The van der Waals surface area contributed by atoms with Crippen LogP contribution in [0, 0.1) is 17.1 Å². The Morgan fingerprint density at radius 2 is 1.70 bits per heavy atom. The molecule has 0 aliphatic rings. The number of carbonyl (C=O) groups is 3. The Kier molecular flexibility index (Phi) is 8.06. The average Bonchev–Trinajstić information content (AvgIpc) is 2.73. The molecule has 2 atom stereocenters. The molecule has 0 heterocycles. The lowest BCUT2D eigenvalue weighted by molar-refractivity contribution is -0.145. The molecule has 0 fully saturated rings. The fourth-order valence-electron chi connectivity index (χ4n) is 2.95. The number of nitrogens with zero attached hydrogens (tertiary/aromatic N) is 1. The molecule has 156 valence electrons. The Bertz CT molecular complexity index is 954. The van der Waals surface area contributed by atoms with E-state index in [0.29, 0.717) is 16.7 Å². The van der Waals surface area contributed by atoms with E-state index in [4.69, 9.17) is 4.74 Å². The second-order valence-corrected chi connectivity index (χ2v) is 6.64. The standard InChI is InChI=1S/C22H22FN3O4/c1-14(27)25-19(11-15-7-9-18(23)10-8-15)21(28)26-20(22(29)30-2)12-16-5-3-4-6-17(16)13-24/h3-10,19-20H,11-12H2,1-2H3,(H,25,27)(H,26,28)/t19-,20+/m1/s1. The Balaban J connectivity index is 2.21. The van der Waals surface area contributed by atoms with Crippen LogP contribution in [0.5, 0.6) is 0 Å². The SMILES string of the molecule is COC(=O)[C@H](Cc1ccccc1C#N)NC(=O)[C@@H](Cc1ccc(F)cc1)NC(C)=O. The van der Waals surface area contributed by atoms with E-state index < -0.39 is 35.7 Å². The summed E-state index contributed by atoms with van der Waals surface area (Å²) in [5.41, 5.74) is 1.59. The molecule has 8 heteroatoms. The van der Waals surface area contributed by atoms with Gasteiger partial charge in [-0.05, 0) is 29.3 Å². The number of ether oxygens (including phenoxy) is 1. The number of rotatable bonds is 8. The molecule has 0 spiro atoms. The molecule has 2 N–H and O–H groups in total. The summed E-state index contributed by atoms with van der Waals surface area (Å²) in [5.74, 6) is -2.12. The summed E-state index contributed by atoms with van der Waals surface area (Å²) < 4.78 is 17.9. The second-order valence-electron chi connectivity index (χ2n) is 6.64. The van der Waals surface area contributed by atoms with Gasteiger partial charge in [0.1, 0.15) is 17.9 Å². The summed E-state index contributed by atoms with van der Waals surface area (Å²) in [5, 5.41) is 14.4. The lowest BCUT2D eigenvalue weighted by Gasteiger charge is -2.22. The first kappa shape index (κ1) is 22.6. The van der Waals surface area contributed by atoms with E-state index in [9.17, 15) is 24.0 Å². The zero-order chi connectivity index (χ0) is 22.1. The summed E-state index contributed by atoms with van der Waals surface area (Å²) in [4.78, 5) is 36.7. The maximum Gasteiger partial charge on any atom is 0.328 e. The van der Waals surface area contributed by atoms with Crippen LogP contribution < -0.4 is 10.6 Å². The van der Waals surface area contributed by atoms with Crippen LogP contribution in [0.15, 0.2) is 48.5 Å². The molecule has 2 aromatic rings. The van der Waals surface area contributed by atoms with Gasteiger partial charge in [-0.3, -0.25) is 9.59 Å². The quantitative estimate of drug-likeness (QED) is 0.642. The summed E-state index contributed by atoms with van der Waals surface area (Å²) in [7, 11) is 1.20. The normalized spacial score (nSPS) is 12.2. The molecule has 2 aromatic carbocycles. The molecule has 0 aromatic heterocycles. The number of benzene rings is 2. The van der Waals surface area contributed by atoms with Gasteiger partial charge in [-0.2, -0.15) is 5.26 Å². The molecule has 2 amide bonds. The fraction of sp³-hybridized carbons (Fsp3) is 0.273. The van der Waals surface area contributed by atoms with Gasteiger partial charge in [0.05, 0.1) is 18.7 Å². The fourth-order valence-corrected chi connectivity index (χ4v) is 2.95. The van der Waals surface area contributed by atoms with Crippen molar-refractivity contribution in [3.8, 4) is 6.07 Å². The van der Waals surface area contributed by atoms with Crippen LogP contribution in [0.2, 0.25) is 0 Å². The van der Waals surface area contributed by atoms with E-state index in [-0.39, 0.29) is 12.8 Å². The number of nitrogens with one attached hydrogen (secondary N) is 2. The van der Waals surface area contributed by atoms with E-state index in [1.165, 1.54) is 38.3 Å². The first-order valence-electron chi connectivity index (χ1n) is 9.21. The minimum Gasteiger partial charge on any atom is -0.467 e. The van der Waals surface area contributed by atoms with Gasteiger partial charge < -0.3 is 15.4 Å². The third-order valence-electron chi connectivity index (χ3n) is 4.41. The molecular formula is C22H22FN3O4. The van der Waals surface area contributed by atoms with Gasteiger partial charge in [-0.15, -0.1) is 0 Å². The van der Waals surface area contributed by atoms with E-state index in [1.807, 2.05) is 6.07 Å². The highest BCUT2D eigenvalue weighted by Gasteiger charge is 2.27. The minimum absolute atomic E-state index is 0.0471. The van der Waals surface area contributed by atoms with Crippen LogP contribution in [0.1, 0.15) is 23.6 Å². The predicted octanol–water partition coefficient (Wildman–Crippen LogP) is 1.65. The second kappa shape index (κ2) is 10.7. The van der Waals surface area contributed by atoms with Crippen molar-refractivity contribution >= 4 is 17.8 Å². The summed E-state index contributed by atoms with van der Waals surface area (Å²) in [6.45, 7) is 1.27. The van der Waals surface area contributed by atoms with E-state index in [0.717, 1.165) is 0 Å². The van der Waals surface area contributed by atoms with Gasteiger partial charge in [0.2, 0.25) is 11.8 Å². The minimum atomic E-state index is -1.05. The Labute approximate surface area is 173 Å². The number of carbonyl (C=O) groups excluding carboxylic acids is 3. The van der Waals surface area contributed by atoms with Gasteiger partial charge in [0.25, 0.3) is 0 Å². The zero-order valence-corrected chi connectivity index (χ0v) is 16.6. The molecule has 30 heavy (non-hydrogen) atoms. The van der Waals surface area contributed by atoms with Crippen LogP contribution in [0.3, 0.4) is 0 Å². The number of hydrogen-bond donors (Lipinski definition) is 2. The largest absolute Gasteiger partial charge is 0.467 e. The van der Waals surface area contributed by atoms with Crippen molar-refractivity contribution in [3.05, 3.63) is 71.0 Å². The van der Waals surface area contributed by atoms with E-state index in [1.54, 1.807) is 24.3 Å². The predicted molar refractivity (Wildman–Crippen MR) is 107 cm³/mol. The Morgan fingerprint density at radius 3 is 2.30 bits per heavy atom. The first-order valence-corrected chi connectivity index (χ1v) is 9.21. The molecule has 0 unspecified atom stereocenters. The highest BCUT2D eigenvalue weighted by Crippen LogP contribution is 2.12. The molecule has 0 bridgehead atoms. The number of nitriles is 1. The van der Waals surface area contributed by atoms with Crippen molar-refractivity contribution in [2.45, 2.75) is 31.8 Å². The molecule has 7 nitrogen and oxygen atoms in total. The molecule has 2 rings (SSSR count). The maximum atomic E-state index is 13.1. The van der Waals surface area contributed by atoms with Crippen LogP contribution in [0.25, 0.3) is 0 Å². The van der Waals surface area contributed by atoms with Gasteiger partial charge in [0, 0.05) is 19.8 Å². The molecule has 0 aliphatic carbocycles. The van der Waals surface area contributed by atoms with Crippen molar-refractivity contribution < 1.29 is 23.5 Å². The van der Waals surface area contributed by atoms with Crippen LogP contribution >= 0.6 is 0 Å². The summed E-state index contributed by atoms with van der Waals surface area (Å²) >= 11 is 0. The number of amides is 2. The highest BCUT2D eigenvalue weighted by atomic mass is 19.1. The third kappa shape index (κ3) is 6.41. The number of hydrogen-bond acceptors (Lipinski definition) is 5. The van der Waals surface area contributed by atoms with E-state index >= 15 is 0 Å². The third-order valence-corrected chi connectivity index (χ3v) is 4.41. The van der Waals surface area contributed by atoms with Gasteiger partial charge in [-0.25, -0.2) is 9.18 Å². The van der Waals surface area contributed by atoms with Crippen molar-refractivity contribution in [2.24, 2.45) is 0 Å². The molecular weight excluding hydrogens is 389 g/mol. The maximum absolute atomic E-state index is 13.1. The number of halogens is 1. The number of esters is 1. The molecule has 0 aliphatic heterocycles. The first-order chi connectivity index (χ1) is 14.3. The molecule has 0 saturated heterocycles. The van der Waals surface area contributed by atoms with Crippen LogP contribution in [-0.2, 0) is 32.0 Å². The zero-order valence-electron chi connectivity index (χ0n) is 16.6. The van der Waals surface area contributed by atoms with Crippen molar-refractivity contribution in [1.82, 2.24) is 10.6 Å². The van der Waals surface area contributed by atoms with Gasteiger partial charge >= 0.3 is 5.97 Å². The smallest absolute Gasteiger partial charge is 0.328 e. The van der Waals surface area contributed by atoms with Crippen LogP contribution in [0.4, 0.5) is 4.39 Å². The number of methoxy groups -OCH3 is 1. The topological polar surface area (TPSA) is 108 Å². The summed E-state index contributed by atoms with van der Waals surface area (Å²) in [6.07, 6.45) is 0.153. The molecule has 0 saturated carbocycles. The lowest BCUT2D eigenvalue weighted by Crippen LogP contribution is -2.53. The Morgan fingerprint density at radius 1 is 1.03 bits per heavy atom. The lowest BCUT2D eigenvalue weighted by atomic mass is 10.00. The monoisotopic (exact) mass is 411 g/mol. The summed E-state index contributed by atoms with van der Waals surface area (Å²) in [6, 6.07) is 12.3. The van der Waals surface area contributed by atoms with E-state index in [2.05, 4.69) is 10.6 Å². The van der Waals surface area contributed by atoms with Crippen LogP contribution in [-0.4, -0.2) is 37.0 Å². The van der Waals surface area contributed by atoms with Crippen molar-refractivity contribution in [1.29, 1.82) is 5.26 Å². The van der Waals surface area contributed by atoms with Gasteiger partial charge in [0.15, 0.2) is 0 Å². The van der Waals surface area contributed by atoms with Crippen molar-refractivity contribution in [2.75, 3.05) is 7.11 Å². The molecule has 0 radical (unpaired) electrons.